The van der Waals surface area contributed by atoms with Crippen LogP contribution in [0.4, 0.5) is 4.79 Å². The topological polar surface area (TPSA) is 37.4 Å². The van der Waals surface area contributed by atoms with Crippen LogP contribution in [0.1, 0.15) is 27.8 Å². The van der Waals surface area contributed by atoms with Gasteiger partial charge in [-0.25, -0.2) is 0 Å². The molecule has 2 amide bonds. The minimum Gasteiger partial charge on any atom is -0.268 e. The Morgan fingerprint density at radius 3 is 2.48 bits per heavy atom. The molecule has 23 heavy (non-hydrogen) atoms. The van der Waals surface area contributed by atoms with E-state index in [0.29, 0.717) is 11.4 Å². The van der Waals surface area contributed by atoms with Gasteiger partial charge >= 0.3 is 0 Å². The number of rotatable bonds is 4. The van der Waals surface area contributed by atoms with Gasteiger partial charge in [-0.3, -0.25) is 14.5 Å². The molecule has 2 aromatic rings. The fraction of sp³-hybridized carbons (Fsp3) is 0.222. The molecule has 0 saturated carbocycles. The molecular weight excluding hydrogens is 326 g/mol. The second-order valence-corrected chi connectivity index (χ2v) is 7.60. The van der Waals surface area contributed by atoms with Gasteiger partial charge in [0, 0.05) is 9.75 Å². The minimum absolute atomic E-state index is 0.200. The number of benzene rings is 1. The number of imide groups is 1. The summed E-state index contributed by atoms with van der Waals surface area (Å²) in [5.74, 6) is -0.202. The lowest BCUT2D eigenvalue weighted by atomic mass is 10.1. The molecule has 0 atom stereocenters. The van der Waals surface area contributed by atoms with Crippen molar-refractivity contribution in [2.24, 2.45) is 0 Å². The highest BCUT2D eigenvalue weighted by Gasteiger charge is 2.35. The van der Waals surface area contributed by atoms with Crippen LogP contribution in [0.2, 0.25) is 0 Å². The maximum Gasteiger partial charge on any atom is 0.293 e. The first-order valence-corrected chi connectivity index (χ1v) is 9.09. The fourth-order valence-electron chi connectivity index (χ4n) is 2.30. The molecule has 3 nitrogen and oxygen atoms in total. The van der Waals surface area contributed by atoms with Gasteiger partial charge in [0.15, 0.2) is 0 Å². The zero-order valence-electron chi connectivity index (χ0n) is 13.0. The lowest BCUT2D eigenvalue weighted by Crippen LogP contribution is -2.27. The second kappa shape index (κ2) is 6.72. The second-order valence-electron chi connectivity index (χ2n) is 5.41. The maximum absolute atomic E-state index is 12.5. The Kier molecular flexibility index (Phi) is 4.68. The van der Waals surface area contributed by atoms with Gasteiger partial charge < -0.3 is 0 Å². The first-order chi connectivity index (χ1) is 11.1. The van der Waals surface area contributed by atoms with Crippen LogP contribution in [0.3, 0.4) is 0 Å². The van der Waals surface area contributed by atoms with Crippen molar-refractivity contribution in [3.63, 3.8) is 0 Å². The molecule has 0 radical (unpaired) electrons. The number of amides is 2. The van der Waals surface area contributed by atoms with Crippen molar-refractivity contribution in [1.82, 2.24) is 4.90 Å². The van der Waals surface area contributed by atoms with Gasteiger partial charge in [-0.2, -0.15) is 0 Å². The molecule has 1 aliphatic heterocycles. The zero-order chi connectivity index (χ0) is 16.4. The van der Waals surface area contributed by atoms with Crippen LogP contribution >= 0.6 is 23.1 Å². The number of carbonyl (C=O) groups is 2. The molecule has 0 aliphatic carbocycles. The smallest absolute Gasteiger partial charge is 0.268 e. The first-order valence-electron chi connectivity index (χ1n) is 7.46. The van der Waals surface area contributed by atoms with E-state index >= 15 is 0 Å². The van der Waals surface area contributed by atoms with Gasteiger partial charge in [0.2, 0.25) is 0 Å². The van der Waals surface area contributed by atoms with Crippen molar-refractivity contribution in [1.29, 1.82) is 0 Å². The molecule has 1 aliphatic rings. The summed E-state index contributed by atoms with van der Waals surface area (Å²) in [6.07, 6.45) is 2.80. The van der Waals surface area contributed by atoms with Crippen LogP contribution in [0, 0.1) is 6.92 Å². The van der Waals surface area contributed by atoms with Gasteiger partial charge in [0.25, 0.3) is 11.1 Å². The number of thiophene rings is 1. The molecular formula is C18H17NO2S2. The SMILES string of the molecule is CCc1ccc(/C=C2\SC(=O)N(Cc3ccc(C)cc3)C2=O)s1. The molecule has 1 saturated heterocycles. The van der Waals surface area contributed by atoms with Gasteiger partial charge in [-0.1, -0.05) is 36.8 Å². The Bertz CT molecular complexity index is 775. The van der Waals surface area contributed by atoms with Gasteiger partial charge in [0.1, 0.15) is 0 Å². The third kappa shape index (κ3) is 3.57. The summed E-state index contributed by atoms with van der Waals surface area (Å²) in [5, 5.41) is -0.200. The van der Waals surface area contributed by atoms with Crippen molar-refractivity contribution < 1.29 is 9.59 Å². The van der Waals surface area contributed by atoms with Crippen molar-refractivity contribution in [3.05, 3.63) is 62.2 Å². The Morgan fingerprint density at radius 2 is 1.83 bits per heavy atom. The summed E-state index contributed by atoms with van der Waals surface area (Å²) in [6.45, 7) is 4.44. The summed E-state index contributed by atoms with van der Waals surface area (Å²) < 4.78 is 0. The summed E-state index contributed by atoms with van der Waals surface area (Å²) in [7, 11) is 0. The molecule has 2 heterocycles. The molecule has 1 aromatic heterocycles. The van der Waals surface area contributed by atoms with Gasteiger partial charge in [0.05, 0.1) is 11.4 Å². The van der Waals surface area contributed by atoms with Gasteiger partial charge in [-0.05, 0) is 48.9 Å². The highest BCUT2D eigenvalue weighted by Crippen LogP contribution is 2.34. The Balaban J connectivity index is 1.78. The predicted molar refractivity (Wildman–Crippen MR) is 96.4 cm³/mol. The van der Waals surface area contributed by atoms with Crippen molar-refractivity contribution >= 4 is 40.3 Å². The maximum atomic E-state index is 12.5. The van der Waals surface area contributed by atoms with Crippen molar-refractivity contribution in [3.8, 4) is 0 Å². The van der Waals surface area contributed by atoms with Crippen molar-refractivity contribution in [2.45, 2.75) is 26.8 Å². The third-order valence-corrected chi connectivity index (χ3v) is 5.72. The van der Waals surface area contributed by atoms with E-state index in [2.05, 4.69) is 13.0 Å². The Labute approximate surface area is 144 Å². The number of aryl methyl sites for hydroxylation is 2. The monoisotopic (exact) mass is 343 g/mol. The van der Waals surface area contributed by atoms with Crippen LogP contribution in [0.5, 0.6) is 0 Å². The molecule has 118 valence electrons. The van der Waals surface area contributed by atoms with Crippen LogP contribution in [-0.4, -0.2) is 16.0 Å². The average molecular weight is 343 g/mol. The zero-order valence-corrected chi connectivity index (χ0v) is 14.7. The summed E-state index contributed by atoms with van der Waals surface area (Å²) >= 11 is 2.68. The number of nitrogens with zero attached hydrogens (tertiary/aromatic N) is 1. The molecule has 0 spiro atoms. The number of hydrogen-bond donors (Lipinski definition) is 0. The summed E-state index contributed by atoms with van der Waals surface area (Å²) in [4.78, 5) is 28.7. The van der Waals surface area contributed by atoms with Crippen LogP contribution in [0.25, 0.3) is 6.08 Å². The standard InChI is InChI=1S/C18H17NO2S2/c1-3-14-8-9-15(22-14)10-16-17(20)19(18(21)23-16)11-13-6-4-12(2)5-7-13/h4-10H,3,11H2,1-2H3/b16-10-. The van der Waals surface area contributed by atoms with Gasteiger partial charge in [-0.15, -0.1) is 11.3 Å². The van der Waals surface area contributed by atoms with Crippen LogP contribution in [-0.2, 0) is 17.8 Å². The predicted octanol–water partition coefficient (Wildman–Crippen LogP) is 4.86. The molecule has 0 bridgehead atoms. The number of hydrogen-bond acceptors (Lipinski definition) is 4. The first kappa shape index (κ1) is 16.0. The normalized spacial score (nSPS) is 16.6. The van der Waals surface area contributed by atoms with Crippen molar-refractivity contribution in [2.75, 3.05) is 0 Å². The summed E-state index contributed by atoms with van der Waals surface area (Å²) in [5.41, 5.74) is 2.12. The summed E-state index contributed by atoms with van der Waals surface area (Å²) in [6, 6.07) is 11.9. The third-order valence-electron chi connectivity index (χ3n) is 3.64. The van der Waals surface area contributed by atoms with E-state index in [9.17, 15) is 9.59 Å². The van der Waals surface area contributed by atoms with E-state index in [1.807, 2.05) is 43.3 Å². The van der Waals surface area contributed by atoms with E-state index in [0.717, 1.165) is 34.2 Å². The molecule has 1 fully saturated rings. The average Bonchev–Trinajstić information content (AvgIpc) is 3.09. The van der Waals surface area contributed by atoms with Crippen LogP contribution in [0.15, 0.2) is 41.3 Å². The van der Waals surface area contributed by atoms with E-state index in [1.54, 1.807) is 11.3 Å². The van der Waals surface area contributed by atoms with Crippen LogP contribution < -0.4 is 0 Å². The molecule has 0 N–H and O–H groups in total. The largest absolute Gasteiger partial charge is 0.293 e. The van der Waals surface area contributed by atoms with E-state index in [4.69, 9.17) is 0 Å². The lowest BCUT2D eigenvalue weighted by Gasteiger charge is -2.12. The highest BCUT2D eigenvalue weighted by atomic mass is 32.2. The Morgan fingerprint density at radius 1 is 1.09 bits per heavy atom. The Hall–Kier alpha value is -1.85. The lowest BCUT2D eigenvalue weighted by molar-refractivity contribution is -0.123. The quantitative estimate of drug-likeness (QED) is 0.744. The molecule has 5 heteroatoms. The molecule has 1 aromatic carbocycles. The fourth-order valence-corrected chi connectivity index (χ4v) is 4.10. The minimum atomic E-state index is -0.202. The molecule has 0 unspecified atom stereocenters. The van der Waals surface area contributed by atoms with E-state index in [-0.39, 0.29) is 11.1 Å². The number of carbonyl (C=O) groups excluding carboxylic acids is 2. The van der Waals surface area contributed by atoms with E-state index in [1.165, 1.54) is 9.78 Å². The number of thioether (sulfide) groups is 1. The van der Waals surface area contributed by atoms with E-state index < -0.39 is 0 Å². The highest BCUT2D eigenvalue weighted by molar-refractivity contribution is 8.18. The molecule has 3 rings (SSSR count).